The first-order chi connectivity index (χ1) is 9.29. The summed E-state index contributed by atoms with van der Waals surface area (Å²) in [6.45, 7) is 3.35. The molecule has 1 amide bonds. The molecule has 19 heavy (non-hydrogen) atoms. The van der Waals surface area contributed by atoms with Gasteiger partial charge < -0.3 is 15.6 Å². The van der Waals surface area contributed by atoms with E-state index < -0.39 is 0 Å². The normalized spacial score (nSPS) is 10.2. The molecule has 0 radical (unpaired) electrons. The molecule has 0 atom stereocenters. The predicted molar refractivity (Wildman–Crippen MR) is 72.8 cm³/mol. The van der Waals surface area contributed by atoms with Crippen LogP contribution in [0.15, 0.2) is 30.9 Å². The highest BCUT2D eigenvalue weighted by atomic mass is 16.1. The van der Waals surface area contributed by atoms with Crippen molar-refractivity contribution in [3.05, 3.63) is 42.1 Å². The molecule has 2 aromatic heterocycles. The smallest absolute Gasteiger partial charge is 0.251 e. The van der Waals surface area contributed by atoms with E-state index in [0.717, 1.165) is 24.5 Å². The van der Waals surface area contributed by atoms with E-state index in [-0.39, 0.29) is 5.91 Å². The average Bonchev–Trinajstić information content (AvgIpc) is 2.96. The molecule has 2 aromatic rings. The van der Waals surface area contributed by atoms with E-state index in [1.165, 1.54) is 0 Å². The molecule has 0 fully saturated rings. The summed E-state index contributed by atoms with van der Waals surface area (Å²) in [7, 11) is 0. The van der Waals surface area contributed by atoms with Gasteiger partial charge in [0.25, 0.3) is 5.91 Å². The standard InChI is InChI=1S/C13H17N5O/c1-2-4-15-12-6-10(3-5-16-12)13(19)17-8-11-7-14-9-18-11/h3,5-7,9H,2,4,8H2,1H3,(H,14,18)(H,15,16)(H,17,19). The fourth-order valence-electron chi connectivity index (χ4n) is 1.58. The van der Waals surface area contributed by atoms with Crippen LogP contribution in [0.5, 0.6) is 0 Å². The molecule has 0 bridgehead atoms. The summed E-state index contributed by atoms with van der Waals surface area (Å²) in [6.07, 6.45) is 5.91. The Morgan fingerprint density at radius 3 is 3.11 bits per heavy atom. The van der Waals surface area contributed by atoms with Gasteiger partial charge in [-0.15, -0.1) is 0 Å². The molecule has 0 saturated carbocycles. The Bertz CT molecular complexity index is 524. The van der Waals surface area contributed by atoms with E-state index in [1.54, 1.807) is 30.9 Å². The van der Waals surface area contributed by atoms with Gasteiger partial charge >= 0.3 is 0 Å². The minimum absolute atomic E-state index is 0.128. The van der Waals surface area contributed by atoms with Crippen molar-refractivity contribution in [3.8, 4) is 0 Å². The van der Waals surface area contributed by atoms with Crippen molar-refractivity contribution < 1.29 is 4.79 Å². The lowest BCUT2D eigenvalue weighted by Crippen LogP contribution is -2.23. The van der Waals surface area contributed by atoms with Gasteiger partial charge in [-0.05, 0) is 18.6 Å². The van der Waals surface area contributed by atoms with Crippen molar-refractivity contribution in [2.24, 2.45) is 0 Å². The Balaban J connectivity index is 1.94. The third kappa shape index (κ3) is 3.80. The van der Waals surface area contributed by atoms with Crippen molar-refractivity contribution in [1.29, 1.82) is 0 Å². The summed E-state index contributed by atoms with van der Waals surface area (Å²) < 4.78 is 0. The number of pyridine rings is 1. The lowest BCUT2D eigenvalue weighted by molar-refractivity contribution is 0.0950. The Labute approximate surface area is 111 Å². The van der Waals surface area contributed by atoms with Crippen LogP contribution >= 0.6 is 0 Å². The highest BCUT2D eigenvalue weighted by molar-refractivity contribution is 5.94. The Morgan fingerprint density at radius 2 is 2.37 bits per heavy atom. The Morgan fingerprint density at radius 1 is 1.47 bits per heavy atom. The summed E-state index contributed by atoms with van der Waals surface area (Å²) in [5.41, 5.74) is 1.46. The van der Waals surface area contributed by atoms with Crippen LogP contribution in [0.25, 0.3) is 0 Å². The Hall–Kier alpha value is -2.37. The quantitative estimate of drug-likeness (QED) is 0.735. The molecule has 6 nitrogen and oxygen atoms in total. The number of aromatic nitrogens is 3. The van der Waals surface area contributed by atoms with E-state index in [0.29, 0.717) is 12.1 Å². The maximum atomic E-state index is 12.0. The Kier molecular flexibility index (Phi) is 4.49. The topological polar surface area (TPSA) is 82.7 Å². The number of nitrogens with zero attached hydrogens (tertiary/aromatic N) is 2. The zero-order valence-electron chi connectivity index (χ0n) is 10.8. The summed E-state index contributed by atoms with van der Waals surface area (Å²) >= 11 is 0. The molecule has 0 aliphatic rings. The number of imidazole rings is 1. The molecule has 100 valence electrons. The third-order valence-corrected chi connectivity index (χ3v) is 2.57. The number of anilines is 1. The fraction of sp³-hybridized carbons (Fsp3) is 0.308. The van der Waals surface area contributed by atoms with Gasteiger partial charge in [0, 0.05) is 24.5 Å². The predicted octanol–water partition coefficient (Wildman–Crippen LogP) is 1.56. The number of hydrogen-bond donors (Lipinski definition) is 3. The van der Waals surface area contributed by atoms with Gasteiger partial charge in [0.2, 0.25) is 0 Å². The van der Waals surface area contributed by atoms with Crippen LogP contribution in [-0.4, -0.2) is 27.4 Å². The molecule has 0 aliphatic carbocycles. The first kappa shape index (κ1) is 13.1. The number of aromatic amines is 1. The summed E-state index contributed by atoms with van der Waals surface area (Å²) in [4.78, 5) is 23.0. The number of H-pyrrole nitrogens is 1. The van der Waals surface area contributed by atoms with Crippen molar-refractivity contribution in [3.63, 3.8) is 0 Å². The molecular formula is C13H17N5O. The van der Waals surface area contributed by atoms with E-state index >= 15 is 0 Å². The fourth-order valence-corrected chi connectivity index (χ4v) is 1.58. The van der Waals surface area contributed by atoms with Gasteiger partial charge in [0.05, 0.1) is 18.6 Å². The van der Waals surface area contributed by atoms with E-state index in [2.05, 4.69) is 32.5 Å². The molecule has 6 heteroatoms. The van der Waals surface area contributed by atoms with E-state index in [4.69, 9.17) is 0 Å². The van der Waals surface area contributed by atoms with Crippen LogP contribution in [0.3, 0.4) is 0 Å². The van der Waals surface area contributed by atoms with Gasteiger partial charge in [0.1, 0.15) is 5.82 Å². The maximum Gasteiger partial charge on any atom is 0.251 e. The van der Waals surface area contributed by atoms with E-state index in [1.807, 2.05) is 0 Å². The van der Waals surface area contributed by atoms with Crippen LogP contribution in [0.2, 0.25) is 0 Å². The zero-order chi connectivity index (χ0) is 13.5. The molecule has 0 spiro atoms. The highest BCUT2D eigenvalue weighted by Gasteiger charge is 2.06. The summed E-state index contributed by atoms with van der Waals surface area (Å²) in [5, 5.41) is 5.97. The van der Waals surface area contributed by atoms with Crippen LogP contribution in [0, 0.1) is 0 Å². The maximum absolute atomic E-state index is 12.0. The molecular weight excluding hydrogens is 242 g/mol. The van der Waals surface area contributed by atoms with Crippen molar-refractivity contribution >= 4 is 11.7 Å². The number of carbonyl (C=O) groups is 1. The second-order valence-corrected chi connectivity index (χ2v) is 4.12. The number of hydrogen-bond acceptors (Lipinski definition) is 4. The van der Waals surface area contributed by atoms with Gasteiger partial charge in [-0.3, -0.25) is 4.79 Å². The molecule has 0 aromatic carbocycles. The number of carbonyl (C=O) groups excluding carboxylic acids is 1. The van der Waals surface area contributed by atoms with Gasteiger partial charge in [-0.25, -0.2) is 9.97 Å². The first-order valence-electron chi connectivity index (χ1n) is 6.25. The van der Waals surface area contributed by atoms with Gasteiger partial charge in [-0.2, -0.15) is 0 Å². The van der Waals surface area contributed by atoms with Gasteiger partial charge in [-0.1, -0.05) is 6.92 Å². The van der Waals surface area contributed by atoms with Gasteiger partial charge in [0.15, 0.2) is 0 Å². The average molecular weight is 259 g/mol. The van der Waals surface area contributed by atoms with Crippen LogP contribution in [0.1, 0.15) is 29.4 Å². The first-order valence-corrected chi connectivity index (χ1v) is 6.25. The monoisotopic (exact) mass is 259 g/mol. The van der Waals surface area contributed by atoms with Crippen LogP contribution < -0.4 is 10.6 Å². The second kappa shape index (κ2) is 6.53. The largest absolute Gasteiger partial charge is 0.370 e. The lowest BCUT2D eigenvalue weighted by atomic mass is 10.2. The van der Waals surface area contributed by atoms with Crippen molar-refractivity contribution in [2.75, 3.05) is 11.9 Å². The number of rotatable bonds is 6. The highest BCUT2D eigenvalue weighted by Crippen LogP contribution is 2.07. The molecule has 0 aliphatic heterocycles. The molecule has 3 N–H and O–H groups in total. The number of amides is 1. The molecule has 2 rings (SSSR count). The molecule has 2 heterocycles. The number of nitrogens with one attached hydrogen (secondary N) is 3. The van der Waals surface area contributed by atoms with Crippen LogP contribution in [0.4, 0.5) is 5.82 Å². The summed E-state index contributed by atoms with van der Waals surface area (Å²) in [6, 6.07) is 3.44. The van der Waals surface area contributed by atoms with Crippen molar-refractivity contribution in [2.45, 2.75) is 19.9 Å². The summed E-state index contributed by atoms with van der Waals surface area (Å²) in [5.74, 6) is 0.590. The minimum Gasteiger partial charge on any atom is -0.370 e. The zero-order valence-corrected chi connectivity index (χ0v) is 10.8. The second-order valence-electron chi connectivity index (χ2n) is 4.12. The van der Waals surface area contributed by atoms with Crippen molar-refractivity contribution in [1.82, 2.24) is 20.3 Å². The molecule has 0 unspecified atom stereocenters. The van der Waals surface area contributed by atoms with Crippen LogP contribution in [-0.2, 0) is 6.54 Å². The lowest BCUT2D eigenvalue weighted by Gasteiger charge is -2.07. The minimum atomic E-state index is -0.128. The molecule has 0 saturated heterocycles. The third-order valence-electron chi connectivity index (χ3n) is 2.57. The SMILES string of the molecule is CCCNc1cc(C(=O)NCc2cnc[nH]2)ccn1. The van der Waals surface area contributed by atoms with E-state index in [9.17, 15) is 4.79 Å².